The summed E-state index contributed by atoms with van der Waals surface area (Å²) in [5.74, 6) is -0.514. The predicted octanol–water partition coefficient (Wildman–Crippen LogP) is 5.84. The van der Waals surface area contributed by atoms with Crippen molar-refractivity contribution in [3.63, 3.8) is 0 Å². The maximum atomic E-state index is 14.2. The number of anilines is 3. The van der Waals surface area contributed by atoms with Crippen molar-refractivity contribution in [2.24, 2.45) is 0 Å². The van der Waals surface area contributed by atoms with Crippen LogP contribution in [-0.4, -0.2) is 12.2 Å². The van der Waals surface area contributed by atoms with Crippen molar-refractivity contribution in [3.05, 3.63) is 88.1 Å². The summed E-state index contributed by atoms with van der Waals surface area (Å²) in [6, 6.07) is 13.9. The van der Waals surface area contributed by atoms with Crippen molar-refractivity contribution in [1.29, 1.82) is 0 Å². The summed E-state index contributed by atoms with van der Waals surface area (Å²) in [4.78, 5) is 13.0. The van der Waals surface area contributed by atoms with Gasteiger partial charge in [-0.25, -0.2) is 8.78 Å². The van der Waals surface area contributed by atoms with Crippen LogP contribution in [0.2, 0.25) is 5.02 Å². The van der Waals surface area contributed by atoms with Gasteiger partial charge in [0.1, 0.15) is 23.0 Å². The second-order valence-electron chi connectivity index (χ2n) is 7.72. The number of carbonyl (C=O) groups is 1. The third-order valence-corrected chi connectivity index (χ3v) is 5.69. The first-order chi connectivity index (χ1) is 15.9. The number of benzene rings is 3. The highest BCUT2D eigenvalue weighted by Crippen LogP contribution is 2.40. The maximum Gasteiger partial charge on any atom is 0.255 e. The van der Waals surface area contributed by atoms with Crippen LogP contribution < -0.4 is 21.3 Å². The molecule has 3 aromatic carbocycles. The highest BCUT2D eigenvalue weighted by Gasteiger charge is 2.28. The fourth-order valence-electron chi connectivity index (χ4n) is 3.83. The van der Waals surface area contributed by atoms with E-state index in [1.165, 1.54) is 24.3 Å². The van der Waals surface area contributed by atoms with Crippen molar-refractivity contribution >= 4 is 45.5 Å². The lowest BCUT2D eigenvalue weighted by atomic mass is 10.1. The molecule has 1 amide bonds. The van der Waals surface area contributed by atoms with Gasteiger partial charge in [0.15, 0.2) is 6.29 Å². The van der Waals surface area contributed by atoms with Gasteiger partial charge >= 0.3 is 0 Å². The van der Waals surface area contributed by atoms with E-state index in [4.69, 9.17) is 16.0 Å². The lowest BCUT2D eigenvalue weighted by Crippen LogP contribution is -2.31. The van der Waals surface area contributed by atoms with Gasteiger partial charge in [-0.1, -0.05) is 29.8 Å². The molecular weight excluding hydrogens is 450 g/mol. The number of rotatable bonds is 5. The minimum Gasteiger partial charge on any atom is -0.460 e. The van der Waals surface area contributed by atoms with Gasteiger partial charge in [-0.3, -0.25) is 4.79 Å². The number of carbonyl (C=O) groups excluding carboxylic acids is 1. The predicted molar refractivity (Wildman–Crippen MR) is 125 cm³/mol. The number of halogens is 3. The van der Waals surface area contributed by atoms with Gasteiger partial charge in [-0.2, -0.15) is 0 Å². The molecule has 0 fully saturated rings. The van der Waals surface area contributed by atoms with Crippen molar-refractivity contribution in [1.82, 2.24) is 5.32 Å². The van der Waals surface area contributed by atoms with Gasteiger partial charge in [-0.15, -0.1) is 0 Å². The largest absolute Gasteiger partial charge is 0.460 e. The number of para-hydroxylation sites is 1. The molecular formula is C24H19ClF2N4O2. The lowest BCUT2D eigenvalue weighted by molar-refractivity contribution is 0.0951. The van der Waals surface area contributed by atoms with Gasteiger partial charge in [0.25, 0.3) is 5.91 Å². The summed E-state index contributed by atoms with van der Waals surface area (Å²) >= 11 is 6.13. The van der Waals surface area contributed by atoms with Gasteiger partial charge in [0.2, 0.25) is 0 Å². The standard InChI is InChI=1S/C24H19ClF2N4O2/c1-12-9-15-20-19(29-24(30-20)31-21-17(25)3-2-4-18(21)27)10-16(22(15)33-12)23(32)28-11-13-5-7-14(26)8-6-13/h2-10,24,29-31H,11H2,1H3,(H,28,32). The number of hydrogen-bond acceptors (Lipinski definition) is 5. The maximum absolute atomic E-state index is 14.2. The Labute approximate surface area is 192 Å². The van der Waals surface area contributed by atoms with Crippen LogP contribution in [0.4, 0.5) is 25.8 Å². The molecule has 1 aliphatic rings. The van der Waals surface area contributed by atoms with Crippen molar-refractivity contribution in [2.45, 2.75) is 19.8 Å². The molecule has 2 heterocycles. The monoisotopic (exact) mass is 468 g/mol. The molecule has 0 saturated heterocycles. The molecule has 33 heavy (non-hydrogen) atoms. The molecule has 4 N–H and O–H groups in total. The van der Waals surface area contributed by atoms with Crippen molar-refractivity contribution < 1.29 is 18.0 Å². The third kappa shape index (κ3) is 4.05. The molecule has 168 valence electrons. The molecule has 0 radical (unpaired) electrons. The Bertz CT molecular complexity index is 1350. The molecule has 0 saturated carbocycles. The van der Waals surface area contributed by atoms with Crippen LogP contribution in [0.15, 0.2) is 59.0 Å². The van der Waals surface area contributed by atoms with Crippen LogP contribution in [0.5, 0.6) is 0 Å². The normalized spacial score (nSPS) is 14.5. The first-order valence-corrected chi connectivity index (χ1v) is 10.6. The van der Waals surface area contributed by atoms with E-state index in [0.29, 0.717) is 28.0 Å². The number of amides is 1. The summed E-state index contributed by atoms with van der Waals surface area (Å²) in [6.45, 7) is 2.03. The third-order valence-electron chi connectivity index (χ3n) is 5.38. The van der Waals surface area contributed by atoms with Gasteiger partial charge in [-0.05, 0) is 48.9 Å². The number of aryl methyl sites for hydroxylation is 1. The quantitative estimate of drug-likeness (QED) is 0.296. The molecule has 0 bridgehead atoms. The molecule has 1 aromatic heterocycles. The Kier molecular flexibility index (Phi) is 5.30. The Balaban J connectivity index is 1.42. The molecule has 0 aliphatic carbocycles. The molecule has 4 aromatic rings. The van der Waals surface area contributed by atoms with Crippen LogP contribution >= 0.6 is 11.6 Å². The van der Waals surface area contributed by atoms with Crippen LogP contribution in [0.3, 0.4) is 0 Å². The topological polar surface area (TPSA) is 78.3 Å². The summed E-state index contributed by atoms with van der Waals surface area (Å²) in [7, 11) is 0. The van der Waals surface area contributed by atoms with E-state index >= 15 is 0 Å². The molecule has 1 aliphatic heterocycles. The number of furan rings is 1. The number of nitrogens with one attached hydrogen (secondary N) is 4. The smallest absolute Gasteiger partial charge is 0.255 e. The minimum absolute atomic E-state index is 0.161. The Morgan fingerprint density at radius 2 is 1.91 bits per heavy atom. The minimum atomic E-state index is -0.565. The van der Waals surface area contributed by atoms with E-state index in [1.807, 2.05) is 6.07 Å². The zero-order chi connectivity index (χ0) is 23.1. The highest BCUT2D eigenvalue weighted by molar-refractivity contribution is 6.33. The molecule has 0 spiro atoms. The Morgan fingerprint density at radius 3 is 2.67 bits per heavy atom. The fourth-order valence-corrected chi connectivity index (χ4v) is 4.05. The Morgan fingerprint density at radius 1 is 1.12 bits per heavy atom. The van der Waals surface area contributed by atoms with Crippen LogP contribution in [0.25, 0.3) is 11.0 Å². The first kappa shape index (κ1) is 21.1. The van der Waals surface area contributed by atoms with E-state index < -0.39 is 12.1 Å². The molecule has 6 nitrogen and oxygen atoms in total. The summed E-state index contributed by atoms with van der Waals surface area (Å²) in [6.07, 6.45) is -0.565. The van der Waals surface area contributed by atoms with Gasteiger partial charge in [0.05, 0.1) is 27.6 Å². The van der Waals surface area contributed by atoms with E-state index in [2.05, 4.69) is 21.3 Å². The van der Waals surface area contributed by atoms with E-state index in [0.717, 1.165) is 11.3 Å². The molecule has 9 heteroatoms. The van der Waals surface area contributed by atoms with E-state index in [1.54, 1.807) is 31.2 Å². The summed E-state index contributed by atoms with van der Waals surface area (Å²) in [5, 5.41) is 13.3. The fraction of sp³-hybridized carbons (Fsp3) is 0.125. The lowest BCUT2D eigenvalue weighted by Gasteiger charge is -2.17. The van der Waals surface area contributed by atoms with Crippen LogP contribution in [-0.2, 0) is 6.54 Å². The van der Waals surface area contributed by atoms with Crippen LogP contribution in [0.1, 0.15) is 21.7 Å². The number of hydrogen-bond donors (Lipinski definition) is 4. The van der Waals surface area contributed by atoms with Crippen molar-refractivity contribution in [2.75, 3.05) is 16.0 Å². The molecule has 1 unspecified atom stereocenters. The van der Waals surface area contributed by atoms with Gasteiger partial charge < -0.3 is 25.7 Å². The molecule has 5 rings (SSSR count). The first-order valence-electron chi connectivity index (χ1n) is 10.2. The summed E-state index contributed by atoms with van der Waals surface area (Å²) in [5.41, 5.74) is 3.08. The highest BCUT2D eigenvalue weighted by atomic mass is 35.5. The zero-order valence-electron chi connectivity index (χ0n) is 17.4. The second kappa shape index (κ2) is 8.29. The SMILES string of the molecule is Cc1cc2c3c(cc(C(=O)NCc4ccc(F)cc4)c2o1)NC(Nc1c(F)cccc1Cl)N3. The molecule has 1 atom stereocenters. The zero-order valence-corrected chi connectivity index (χ0v) is 18.2. The summed E-state index contributed by atoms with van der Waals surface area (Å²) < 4.78 is 33.2. The van der Waals surface area contributed by atoms with Crippen molar-refractivity contribution in [3.8, 4) is 0 Å². The van der Waals surface area contributed by atoms with E-state index in [9.17, 15) is 13.6 Å². The average Bonchev–Trinajstić information content (AvgIpc) is 3.37. The number of fused-ring (bicyclic) bond motifs is 3. The Hall–Kier alpha value is -3.78. The van der Waals surface area contributed by atoms with Crippen LogP contribution in [0, 0.1) is 18.6 Å². The van der Waals surface area contributed by atoms with E-state index in [-0.39, 0.29) is 29.0 Å². The van der Waals surface area contributed by atoms with Gasteiger partial charge in [0, 0.05) is 11.9 Å². The average molecular weight is 469 g/mol. The second-order valence-corrected chi connectivity index (χ2v) is 8.13.